The van der Waals surface area contributed by atoms with Crippen molar-refractivity contribution in [2.45, 2.75) is 129 Å². The maximum atomic E-state index is 10.4. The standard InChI is InChI=1S/C16H32O3.C8H16O2.C7H6O2/c17-15-13-11-9-7-5-3-1-2-4-6-8-10-12-14-16(18)19;1-3-5-6-7(4-2)8(9)10;8-7(9)6-4-2-1-3-5-6/h17H,1-15H2,(H,18,19);7H,3-6H2,1-2H3,(H,9,10);1-5H,(H,8,9). The van der Waals surface area contributed by atoms with Crippen molar-refractivity contribution < 1.29 is 34.8 Å². The second-order valence-corrected chi connectivity index (χ2v) is 9.72. The Kier molecular flexibility index (Phi) is 29.0. The highest BCUT2D eigenvalue weighted by atomic mass is 16.4. The highest BCUT2D eigenvalue weighted by Gasteiger charge is 2.12. The number of carboxylic acids is 3. The van der Waals surface area contributed by atoms with E-state index in [1.54, 1.807) is 30.3 Å². The molecule has 0 spiro atoms. The van der Waals surface area contributed by atoms with Crippen molar-refractivity contribution in [3.05, 3.63) is 35.9 Å². The molecule has 0 radical (unpaired) electrons. The lowest BCUT2D eigenvalue weighted by Gasteiger charge is -2.06. The van der Waals surface area contributed by atoms with Crippen LogP contribution in [-0.4, -0.2) is 44.9 Å². The zero-order valence-corrected chi connectivity index (χ0v) is 23.9. The Hall–Kier alpha value is -2.41. The molecule has 0 fully saturated rings. The predicted octanol–water partition coefficient (Wildman–Crippen LogP) is 8.20. The molecule has 1 aromatic carbocycles. The molecular formula is C31H54O7. The van der Waals surface area contributed by atoms with Crippen molar-refractivity contribution in [3.8, 4) is 0 Å². The summed E-state index contributed by atoms with van der Waals surface area (Å²) in [5, 5.41) is 34.1. The van der Waals surface area contributed by atoms with Gasteiger partial charge in [0, 0.05) is 13.0 Å². The number of carboxylic acid groups (broad SMARTS) is 3. The van der Waals surface area contributed by atoms with Gasteiger partial charge in [-0.25, -0.2) is 4.79 Å². The van der Waals surface area contributed by atoms with Gasteiger partial charge in [0.25, 0.3) is 0 Å². The van der Waals surface area contributed by atoms with Crippen LogP contribution in [0.2, 0.25) is 0 Å². The molecule has 1 rings (SSSR count). The lowest BCUT2D eigenvalue weighted by molar-refractivity contribution is -0.142. The fraction of sp³-hybridized carbons (Fsp3) is 0.710. The molecule has 0 aliphatic heterocycles. The quantitative estimate of drug-likeness (QED) is 0.116. The second kappa shape index (κ2) is 29.2. The summed E-state index contributed by atoms with van der Waals surface area (Å²) in [5.74, 6) is -2.30. The first-order valence-electron chi connectivity index (χ1n) is 14.6. The molecule has 0 aliphatic carbocycles. The van der Waals surface area contributed by atoms with E-state index < -0.39 is 17.9 Å². The highest BCUT2D eigenvalue weighted by molar-refractivity contribution is 5.87. The minimum atomic E-state index is -0.879. The summed E-state index contributed by atoms with van der Waals surface area (Å²) >= 11 is 0. The predicted molar refractivity (Wildman–Crippen MR) is 154 cm³/mol. The van der Waals surface area contributed by atoms with E-state index in [9.17, 15) is 14.4 Å². The summed E-state index contributed by atoms with van der Waals surface area (Å²) < 4.78 is 0. The van der Waals surface area contributed by atoms with Gasteiger partial charge >= 0.3 is 17.9 Å². The van der Waals surface area contributed by atoms with Crippen LogP contribution in [0.15, 0.2) is 30.3 Å². The molecule has 38 heavy (non-hydrogen) atoms. The molecule has 1 aromatic rings. The number of aliphatic hydroxyl groups excluding tert-OH is 1. The van der Waals surface area contributed by atoms with Crippen molar-refractivity contribution in [1.29, 1.82) is 0 Å². The lowest BCUT2D eigenvalue weighted by Crippen LogP contribution is -2.11. The molecule has 1 atom stereocenters. The zero-order valence-electron chi connectivity index (χ0n) is 23.9. The van der Waals surface area contributed by atoms with Crippen molar-refractivity contribution in [1.82, 2.24) is 0 Å². The maximum absolute atomic E-state index is 10.4. The molecule has 0 saturated carbocycles. The van der Waals surface area contributed by atoms with Crippen LogP contribution in [0, 0.1) is 5.92 Å². The fourth-order valence-corrected chi connectivity index (χ4v) is 3.87. The molecule has 0 amide bonds. The average molecular weight is 539 g/mol. The minimum Gasteiger partial charge on any atom is -0.481 e. The Morgan fingerprint density at radius 2 is 1.11 bits per heavy atom. The molecule has 1 unspecified atom stereocenters. The van der Waals surface area contributed by atoms with E-state index in [2.05, 4.69) is 6.92 Å². The summed E-state index contributed by atoms with van der Waals surface area (Å²) in [7, 11) is 0. The van der Waals surface area contributed by atoms with Gasteiger partial charge in [0.15, 0.2) is 0 Å². The number of unbranched alkanes of at least 4 members (excludes halogenated alkanes) is 13. The number of aromatic carboxylic acids is 1. The van der Waals surface area contributed by atoms with E-state index >= 15 is 0 Å². The number of hydrogen-bond acceptors (Lipinski definition) is 4. The van der Waals surface area contributed by atoms with Crippen LogP contribution in [0.5, 0.6) is 0 Å². The monoisotopic (exact) mass is 538 g/mol. The number of aliphatic hydroxyl groups is 1. The Labute approximate surface area is 230 Å². The summed E-state index contributed by atoms with van der Waals surface area (Å²) in [5.41, 5.74) is 0.331. The second-order valence-electron chi connectivity index (χ2n) is 9.72. The molecule has 0 aromatic heterocycles. The molecule has 220 valence electrons. The van der Waals surface area contributed by atoms with Crippen molar-refractivity contribution >= 4 is 17.9 Å². The Balaban J connectivity index is 0. The van der Waals surface area contributed by atoms with Crippen molar-refractivity contribution in [2.75, 3.05) is 6.61 Å². The smallest absolute Gasteiger partial charge is 0.335 e. The van der Waals surface area contributed by atoms with Gasteiger partial charge in [0.05, 0.1) is 11.5 Å². The van der Waals surface area contributed by atoms with Gasteiger partial charge in [-0.1, -0.05) is 116 Å². The molecule has 0 aliphatic rings. The van der Waals surface area contributed by atoms with Gasteiger partial charge in [-0.3, -0.25) is 9.59 Å². The van der Waals surface area contributed by atoms with E-state index in [0.29, 0.717) is 18.6 Å². The molecule has 4 N–H and O–H groups in total. The van der Waals surface area contributed by atoms with Crippen molar-refractivity contribution in [3.63, 3.8) is 0 Å². The van der Waals surface area contributed by atoms with Gasteiger partial charge in [-0.05, 0) is 37.8 Å². The number of rotatable bonds is 21. The van der Waals surface area contributed by atoms with Crippen LogP contribution in [0.4, 0.5) is 0 Å². The van der Waals surface area contributed by atoms with Gasteiger partial charge < -0.3 is 20.4 Å². The number of hydrogen-bond donors (Lipinski definition) is 4. The maximum Gasteiger partial charge on any atom is 0.335 e. The molecule has 0 saturated heterocycles. The normalized spacial score (nSPS) is 10.9. The molecule has 7 heteroatoms. The van der Waals surface area contributed by atoms with Crippen LogP contribution < -0.4 is 0 Å². The Morgan fingerprint density at radius 1 is 0.658 bits per heavy atom. The zero-order chi connectivity index (χ0) is 28.9. The van der Waals surface area contributed by atoms with Crippen LogP contribution in [-0.2, 0) is 9.59 Å². The van der Waals surface area contributed by atoms with Gasteiger partial charge in [-0.2, -0.15) is 0 Å². The number of aliphatic carboxylic acids is 2. The Bertz CT molecular complexity index is 676. The summed E-state index contributed by atoms with van der Waals surface area (Å²) in [4.78, 5) is 30.9. The average Bonchev–Trinajstić information content (AvgIpc) is 2.90. The van der Waals surface area contributed by atoms with Gasteiger partial charge in [-0.15, -0.1) is 0 Å². The van der Waals surface area contributed by atoms with E-state index in [1.807, 2.05) is 6.92 Å². The summed E-state index contributed by atoms with van der Waals surface area (Å²) in [6, 6.07) is 8.30. The third-order valence-corrected chi connectivity index (χ3v) is 6.32. The SMILES string of the molecule is CCCCC(CC)C(=O)O.O=C(O)CCCCCCCCCCCCCCCO.O=C(O)c1ccccc1. The number of carbonyl (C=O) groups is 3. The molecule has 7 nitrogen and oxygen atoms in total. The topological polar surface area (TPSA) is 132 Å². The van der Waals surface area contributed by atoms with E-state index in [1.165, 1.54) is 64.2 Å². The lowest BCUT2D eigenvalue weighted by atomic mass is 10.00. The molecular weight excluding hydrogens is 484 g/mol. The van der Waals surface area contributed by atoms with Crippen LogP contribution >= 0.6 is 0 Å². The van der Waals surface area contributed by atoms with E-state index in [0.717, 1.165) is 44.9 Å². The highest BCUT2D eigenvalue weighted by Crippen LogP contribution is 2.13. The fourth-order valence-electron chi connectivity index (χ4n) is 3.87. The molecule has 0 bridgehead atoms. The van der Waals surface area contributed by atoms with Gasteiger partial charge in [0.2, 0.25) is 0 Å². The largest absolute Gasteiger partial charge is 0.481 e. The first-order chi connectivity index (χ1) is 18.3. The summed E-state index contributed by atoms with van der Waals surface area (Å²) in [6.45, 7) is 4.34. The van der Waals surface area contributed by atoms with E-state index in [-0.39, 0.29) is 5.92 Å². The first-order valence-corrected chi connectivity index (χ1v) is 14.6. The molecule has 0 heterocycles. The van der Waals surface area contributed by atoms with E-state index in [4.69, 9.17) is 20.4 Å². The van der Waals surface area contributed by atoms with Crippen LogP contribution in [0.25, 0.3) is 0 Å². The third-order valence-electron chi connectivity index (χ3n) is 6.32. The number of benzene rings is 1. The Morgan fingerprint density at radius 3 is 1.42 bits per heavy atom. The third kappa shape index (κ3) is 28.2. The minimum absolute atomic E-state index is 0.111. The van der Waals surface area contributed by atoms with Gasteiger partial charge in [0.1, 0.15) is 0 Å². The first kappa shape index (κ1) is 37.7. The van der Waals surface area contributed by atoms with Crippen LogP contribution in [0.1, 0.15) is 140 Å². The summed E-state index contributed by atoms with van der Waals surface area (Å²) in [6.07, 6.45) is 19.8. The van der Waals surface area contributed by atoms with Crippen LogP contribution in [0.3, 0.4) is 0 Å². The van der Waals surface area contributed by atoms with Crippen molar-refractivity contribution in [2.24, 2.45) is 5.92 Å².